The van der Waals surface area contributed by atoms with Crippen molar-refractivity contribution in [3.8, 4) is 11.4 Å². The number of sulfonamides is 1. The molecular formula is C13H9F2N5O2S. The van der Waals surface area contributed by atoms with Crippen LogP contribution in [0.3, 0.4) is 0 Å². The monoisotopic (exact) mass is 337 g/mol. The SMILES string of the molecule is O=S(=O)(Nc1cccc(-c2nn[nH]n2)c1)c1cc(F)ccc1F. The molecule has 0 aliphatic carbocycles. The van der Waals surface area contributed by atoms with Crippen LogP contribution in [0.5, 0.6) is 0 Å². The van der Waals surface area contributed by atoms with Crippen LogP contribution in [0.15, 0.2) is 47.4 Å². The Kier molecular flexibility index (Phi) is 3.74. The number of rotatable bonds is 4. The highest BCUT2D eigenvalue weighted by molar-refractivity contribution is 7.92. The molecular weight excluding hydrogens is 328 g/mol. The van der Waals surface area contributed by atoms with Crippen molar-refractivity contribution >= 4 is 15.7 Å². The summed E-state index contributed by atoms with van der Waals surface area (Å²) in [6, 6.07) is 8.31. The van der Waals surface area contributed by atoms with Gasteiger partial charge in [0.1, 0.15) is 16.5 Å². The van der Waals surface area contributed by atoms with Gasteiger partial charge in [-0.1, -0.05) is 12.1 Å². The summed E-state index contributed by atoms with van der Waals surface area (Å²) < 4.78 is 53.4. The predicted octanol–water partition coefficient (Wildman–Crippen LogP) is 1.95. The molecule has 7 nitrogen and oxygen atoms in total. The van der Waals surface area contributed by atoms with Gasteiger partial charge in [-0.05, 0) is 35.5 Å². The van der Waals surface area contributed by atoms with Gasteiger partial charge < -0.3 is 0 Å². The standard InChI is InChI=1S/C13H9F2N5O2S/c14-9-4-5-11(15)12(7-9)23(21,22)18-10-3-1-2-8(6-10)13-16-19-20-17-13/h1-7,18H,(H,16,17,19,20). The van der Waals surface area contributed by atoms with E-state index in [0.29, 0.717) is 11.6 Å². The van der Waals surface area contributed by atoms with Crippen LogP contribution < -0.4 is 4.72 Å². The van der Waals surface area contributed by atoms with Gasteiger partial charge in [0.2, 0.25) is 5.82 Å². The van der Waals surface area contributed by atoms with Gasteiger partial charge in [-0.2, -0.15) is 5.21 Å². The van der Waals surface area contributed by atoms with Crippen molar-refractivity contribution in [2.45, 2.75) is 4.90 Å². The van der Waals surface area contributed by atoms with Crippen LogP contribution in [-0.4, -0.2) is 29.0 Å². The summed E-state index contributed by atoms with van der Waals surface area (Å²) in [5.41, 5.74) is 0.648. The number of anilines is 1. The van der Waals surface area contributed by atoms with Crippen LogP contribution >= 0.6 is 0 Å². The summed E-state index contributed by atoms with van der Waals surface area (Å²) >= 11 is 0. The predicted molar refractivity (Wildman–Crippen MR) is 76.8 cm³/mol. The maximum absolute atomic E-state index is 13.7. The number of aromatic amines is 1. The Hall–Kier alpha value is -2.88. The molecule has 0 saturated carbocycles. The molecule has 0 saturated heterocycles. The average Bonchev–Trinajstić information content (AvgIpc) is 3.04. The van der Waals surface area contributed by atoms with Crippen molar-refractivity contribution < 1.29 is 17.2 Å². The number of hydrogen-bond donors (Lipinski definition) is 2. The van der Waals surface area contributed by atoms with E-state index < -0.39 is 26.6 Å². The number of aromatic nitrogens is 4. The third-order valence-corrected chi connectivity index (χ3v) is 4.30. The number of halogens is 2. The first-order valence-electron chi connectivity index (χ1n) is 6.27. The lowest BCUT2D eigenvalue weighted by Crippen LogP contribution is -2.15. The highest BCUT2D eigenvalue weighted by Crippen LogP contribution is 2.23. The molecule has 0 unspecified atom stereocenters. The third kappa shape index (κ3) is 3.16. The van der Waals surface area contributed by atoms with Crippen LogP contribution in [-0.2, 0) is 10.0 Å². The van der Waals surface area contributed by atoms with Gasteiger partial charge in [-0.3, -0.25) is 4.72 Å². The number of tetrazole rings is 1. The largest absolute Gasteiger partial charge is 0.280 e. The molecule has 0 radical (unpaired) electrons. The minimum absolute atomic E-state index is 0.149. The molecule has 23 heavy (non-hydrogen) atoms. The van der Waals surface area contributed by atoms with E-state index in [1.54, 1.807) is 12.1 Å². The summed E-state index contributed by atoms with van der Waals surface area (Å²) in [6.07, 6.45) is 0. The van der Waals surface area contributed by atoms with E-state index in [9.17, 15) is 17.2 Å². The van der Waals surface area contributed by atoms with Crippen LogP contribution in [0.4, 0.5) is 14.5 Å². The highest BCUT2D eigenvalue weighted by Gasteiger charge is 2.20. The lowest BCUT2D eigenvalue weighted by atomic mass is 10.2. The second kappa shape index (κ2) is 5.72. The third-order valence-electron chi connectivity index (χ3n) is 2.90. The summed E-state index contributed by atoms with van der Waals surface area (Å²) in [4.78, 5) is -0.775. The zero-order chi connectivity index (χ0) is 16.4. The molecule has 0 bridgehead atoms. The van der Waals surface area contributed by atoms with Crippen LogP contribution in [0, 0.1) is 11.6 Å². The maximum Gasteiger partial charge on any atom is 0.264 e. The first kappa shape index (κ1) is 15.0. The molecule has 118 valence electrons. The van der Waals surface area contributed by atoms with Crippen molar-refractivity contribution in [2.24, 2.45) is 0 Å². The summed E-state index contributed by atoms with van der Waals surface area (Å²) in [6.45, 7) is 0. The fourth-order valence-electron chi connectivity index (χ4n) is 1.90. The Labute approximate surface area is 129 Å². The number of hydrogen-bond acceptors (Lipinski definition) is 5. The van der Waals surface area contributed by atoms with Crippen molar-refractivity contribution in [3.63, 3.8) is 0 Å². The van der Waals surface area contributed by atoms with Gasteiger partial charge in [0, 0.05) is 11.3 Å². The van der Waals surface area contributed by atoms with E-state index >= 15 is 0 Å². The Balaban J connectivity index is 1.95. The zero-order valence-corrected chi connectivity index (χ0v) is 12.2. The topological polar surface area (TPSA) is 101 Å². The van der Waals surface area contributed by atoms with Crippen LogP contribution in [0.2, 0.25) is 0 Å². The van der Waals surface area contributed by atoms with Gasteiger partial charge in [0.15, 0.2) is 0 Å². The molecule has 2 N–H and O–H groups in total. The van der Waals surface area contributed by atoms with Crippen molar-refractivity contribution in [3.05, 3.63) is 54.1 Å². The van der Waals surface area contributed by atoms with Gasteiger partial charge in [0.25, 0.3) is 10.0 Å². The van der Waals surface area contributed by atoms with E-state index in [4.69, 9.17) is 0 Å². The molecule has 2 aromatic carbocycles. The molecule has 0 fully saturated rings. The molecule has 0 aliphatic rings. The van der Waals surface area contributed by atoms with Crippen molar-refractivity contribution in [1.29, 1.82) is 0 Å². The first-order valence-corrected chi connectivity index (χ1v) is 7.76. The molecule has 3 aromatic rings. The number of nitrogens with one attached hydrogen (secondary N) is 2. The number of H-pyrrole nitrogens is 1. The molecule has 0 spiro atoms. The van der Waals surface area contributed by atoms with Gasteiger partial charge >= 0.3 is 0 Å². The van der Waals surface area contributed by atoms with Crippen molar-refractivity contribution in [1.82, 2.24) is 20.6 Å². The van der Waals surface area contributed by atoms with Gasteiger partial charge in [-0.15, -0.1) is 10.2 Å². The minimum Gasteiger partial charge on any atom is -0.280 e. The maximum atomic E-state index is 13.7. The Morgan fingerprint density at radius 2 is 1.91 bits per heavy atom. The highest BCUT2D eigenvalue weighted by atomic mass is 32.2. The first-order chi connectivity index (χ1) is 11.0. The Morgan fingerprint density at radius 1 is 1.09 bits per heavy atom. The smallest absolute Gasteiger partial charge is 0.264 e. The molecule has 10 heteroatoms. The van der Waals surface area contributed by atoms with Crippen LogP contribution in [0.1, 0.15) is 0 Å². The Bertz CT molecular complexity index is 945. The summed E-state index contributed by atoms with van der Waals surface area (Å²) in [5, 5.41) is 13.2. The zero-order valence-electron chi connectivity index (χ0n) is 11.4. The van der Waals surface area contributed by atoms with E-state index in [0.717, 1.165) is 12.1 Å². The molecule has 3 rings (SSSR count). The van der Waals surface area contributed by atoms with E-state index in [1.165, 1.54) is 12.1 Å². The molecule has 0 amide bonds. The average molecular weight is 337 g/mol. The van der Waals surface area contributed by atoms with Crippen LogP contribution in [0.25, 0.3) is 11.4 Å². The van der Waals surface area contributed by atoms with E-state index in [2.05, 4.69) is 25.3 Å². The molecule has 0 aliphatic heterocycles. The van der Waals surface area contributed by atoms with Gasteiger partial charge in [-0.25, -0.2) is 17.2 Å². The fraction of sp³-hybridized carbons (Fsp3) is 0. The van der Waals surface area contributed by atoms with Gasteiger partial charge in [0.05, 0.1) is 0 Å². The molecule has 1 aromatic heterocycles. The quantitative estimate of drug-likeness (QED) is 0.758. The lowest BCUT2D eigenvalue weighted by molar-refractivity contribution is 0.555. The number of benzene rings is 2. The fourth-order valence-corrected chi connectivity index (χ4v) is 3.04. The minimum atomic E-state index is -4.28. The second-order valence-corrected chi connectivity index (χ2v) is 6.15. The second-order valence-electron chi connectivity index (χ2n) is 4.50. The van der Waals surface area contributed by atoms with Crippen molar-refractivity contribution in [2.75, 3.05) is 4.72 Å². The van der Waals surface area contributed by atoms with E-state index in [1.807, 2.05) is 0 Å². The molecule has 0 atom stereocenters. The summed E-state index contributed by atoms with van der Waals surface area (Å²) in [5.74, 6) is -1.64. The normalized spacial score (nSPS) is 11.4. The molecule has 1 heterocycles. The summed E-state index contributed by atoms with van der Waals surface area (Å²) in [7, 11) is -4.28. The Morgan fingerprint density at radius 3 is 2.65 bits per heavy atom. The van der Waals surface area contributed by atoms with E-state index in [-0.39, 0.29) is 11.5 Å². The number of nitrogens with zero attached hydrogens (tertiary/aromatic N) is 3. The lowest BCUT2D eigenvalue weighted by Gasteiger charge is -2.09.